The highest BCUT2D eigenvalue weighted by Crippen LogP contribution is 2.38. The Labute approximate surface area is 192 Å². The molecule has 1 saturated carbocycles. The first-order valence-corrected chi connectivity index (χ1v) is 11.7. The minimum atomic E-state index is -0.285. The predicted octanol–water partition coefficient (Wildman–Crippen LogP) is 3.60. The Morgan fingerprint density at radius 2 is 1.67 bits per heavy atom. The molecule has 1 aliphatic carbocycles. The van der Waals surface area contributed by atoms with E-state index in [0.29, 0.717) is 11.6 Å². The largest absolute Gasteiger partial charge is 0.355 e. The van der Waals surface area contributed by atoms with Crippen LogP contribution in [0.3, 0.4) is 0 Å². The number of hydrogen-bond donors (Lipinski definition) is 1. The number of nitrogens with one attached hydrogen (secondary N) is 1. The van der Waals surface area contributed by atoms with E-state index in [4.69, 9.17) is 0 Å². The zero-order valence-electron chi connectivity index (χ0n) is 18.6. The van der Waals surface area contributed by atoms with Crippen LogP contribution in [0, 0.1) is 0 Å². The standard InChI is InChI=1S/C25H28N6O2/c32-24(17-31-25(33)14-12-22(29-31)19-5-6-19)26-20-9-7-18(8-10-20)21-11-13-23(28-27-21)30-15-3-1-2-4-16-30/h7-14,19H,1-6,15-17H2,(H,26,32). The normalized spacial score (nSPS) is 16.3. The van der Waals surface area contributed by atoms with Crippen LogP contribution in [-0.2, 0) is 11.3 Å². The van der Waals surface area contributed by atoms with E-state index in [-0.39, 0.29) is 18.0 Å². The van der Waals surface area contributed by atoms with Crippen LogP contribution < -0.4 is 15.8 Å². The summed E-state index contributed by atoms with van der Waals surface area (Å²) in [4.78, 5) is 26.8. The lowest BCUT2D eigenvalue weighted by atomic mass is 10.1. The monoisotopic (exact) mass is 444 g/mol. The maximum Gasteiger partial charge on any atom is 0.267 e. The third-order valence-corrected chi connectivity index (χ3v) is 6.22. The lowest BCUT2D eigenvalue weighted by Gasteiger charge is -2.20. The molecule has 33 heavy (non-hydrogen) atoms. The van der Waals surface area contributed by atoms with Crippen molar-refractivity contribution in [1.82, 2.24) is 20.0 Å². The number of rotatable bonds is 6. The molecule has 1 saturated heterocycles. The van der Waals surface area contributed by atoms with E-state index in [9.17, 15) is 9.59 Å². The van der Waals surface area contributed by atoms with Crippen molar-refractivity contribution < 1.29 is 4.79 Å². The van der Waals surface area contributed by atoms with Gasteiger partial charge in [-0.2, -0.15) is 5.10 Å². The van der Waals surface area contributed by atoms with Crippen molar-refractivity contribution in [1.29, 1.82) is 0 Å². The SMILES string of the molecule is O=C(Cn1nc(C2CC2)ccc1=O)Nc1ccc(-c2ccc(N3CCCCCC3)nn2)cc1. The molecule has 1 aromatic carbocycles. The predicted molar refractivity (Wildman–Crippen MR) is 127 cm³/mol. The molecule has 0 atom stereocenters. The van der Waals surface area contributed by atoms with Crippen LogP contribution in [0.25, 0.3) is 11.3 Å². The average Bonchev–Trinajstić information content (AvgIpc) is 3.69. The van der Waals surface area contributed by atoms with Crippen LogP contribution in [0.1, 0.15) is 50.1 Å². The van der Waals surface area contributed by atoms with Crippen LogP contribution in [0.5, 0.6) is 0 Å². The van der Waals surface area contributed by atoms with E-state index >= 15 is 0 Å². The van der Waals surface area contributed by atoms with Crippen LogP contribution in [0.15, 0.2) is 53.3 Å². The second-order valence-corrected chi connectivity index (χ2v) is 8.83. The zero-order valence-corrected chi connectivity index (χ0v) is 18.6. The van der Waals surface area contributed by atoms with Gasteiger partial charge in [-0.1, -0.05) is 25.0 Å². The summed E-state index contributed by atoms with van der Waals surface area (Å²) in [5, 5.41) is 16.0. The molecule has 0 radical (unpaired) electrons. The first-order valence-electron chi connectivity index (χ1n) is 11.7. The summed E-state index contributed by atoms with van der Waals surface area (Å²) < 4.78 is 1.23. The molecular weight excluding hydrogens is 416 g/mol. The molecule has 8 heteroatoms. The van der Waals surface area contributed by atoms with Gasteiger partial charge in [0.05, 0.1) is 11.4 Å². The Morgan fingerprint density at radius 1 is 0.909 bits per heavy atom. The van der Waals surface area contributed by atoms with Gasteiger partial charge in [0.25, 0.3) is 5.56 Å². The van der Waals surface area contributed by atoms with Gasteiger partial charge in [-0.25, -0.2) is 4.68 Å². The molecule has 3 heterocycles. The quantitative estimate of drug-likeness (QED) is 0.625. The molecule has 5 rings (SSSR count). The van der Waals surface area contributed by atoms with Crippen molar-refractivity contribution in [3.05, 3.63) is 64.6 Å². The minimum Gasteiger partial charge on any atom is -0.355 e. The molecule has 2 aliphatic rings. The summed E-state index contributed by atoms with van der Waals surface area (Å²) in [6, 6.07) is 14.7. The van der Waals surface area contributed by atoms with Crippen molar-refractivity contribution in [3.63, 3.8) is 0 Å². The summed E-state index contributed by atoms with van der Waals surface area (Å²) in [5.74, 6) is 1.07. The van der Waals surface area contributed by atoms with Crippen molar-refractivity contribution in [3.8, 4) is 11.3 Å². The van der Waals surface area contributed by atoms with Gasteiger partial charge < -0.3 is 10.2 Å². The van der Waals surface area contributed by atoms with Crippen molar-refractivity contribution in [2.45, 2.75) is 51.0 Å². The summed E-state index contributed by atoms with van der Waals surface area (Å²) in [7, 11) is 0. The Balaban J connectivity index is 1.21. The van der Waals surface area contributed by atoms with E-state index in [2.05, 4.69) is 25.5 Å². The molecule has 1 aliphatic heterocycles. The fourth-order valence-corrected chi connectivity index (χ4v) is 4.18. The van der Waals surface area contributed by atoms with Gasteiger partial charge in [-0.3, -0.25) is 9.59 Å². The fraction of sp³-hybridized carbons (Fsp3) is 0.400. The lowest BCUT2D eigenvalue weighted by Crippen LogP contribution is -2.29. The number of carbonyl (C=O) groups excluding carboxylic acids is 1. The van der Waals surface area contributed by atoms with Crippen molar-refractivity contribution in [2.24, 2.45) is 0 Å². The molecule has 2 fully saturated rings. The third kappa shape index (κ3) is 5.27. The van der Waals surface area contributed by atoms with Crippen LogP contribution >= 0.6 is 0 Å². The lowest BCUT2D eigenvalue weighted by molar-refractivity contribution is -0.117. The molecule has 8 nitrogen and oxygen atoms in total. The fourth-order valence-electron chi connectivity index (χ4n) is 4.18. The minimum absolute atomic E-state index is 0.107. The van der Waals surface area contributed by atoms with Gasteiger partial charge in [-0.05, 0) is 56.0 Å². The Kier molecular flexibility index (Phi) is 6.15. The highest BCUT2D eigenvalue weighted by Gasteiger charge is 2.25. The topological polar surface area (TPSA) is 93.0 Å². The number of benzene rings is 1. The maximum atomic E-state index is 12.5. The molecule has 2 aromatic heterocycles. The Hall–Kier alpha value is -3.55. The van der Waals surface area contributed by atoms with E-state index in [1.54, 1.807) is 6.07 Å². The number of hydrogen-bond acceptors (Lipinski definition) is 6. The van der Waals surface area contributed by atoms with Gasteiger partial charge >= 0.3 is 0 Å². The van der Waals surface area contributed by atoms with Crippen LogP contribution in [0.2, 0.25) is 0 Å². The van der Waals surface area contributed by atoms with E-state index in [1.165, 1.54) is 36.4 Å². The second-order valence-electron chi connectivity index (χ2n) is 8.83. The third-order valence-electron chi connectivity index (χ3n) is 6.22. The molecule has 1 amide bonds. The van der Waals surface area contributed by atoms with E-state index < -0.39 is 0 Å². The van der Waals surface area contributed by atoms with Crippen molar-refractivity contribution >= 4 is 17.4 Å². The van der Waals surface area contributed by atoms with Crippen LogP contribution in [0.4, 0.5) is 11.5 Å². The van der Waals surface area contributed by atoms with E-state index in [1.807, 2.05) is 36.4 Å². The summed E-state index contributed by atoms with van der Waals surface area (Å²) in [6.45, 7) is 1.97. The number of amides is 1. The maximum absolute atomic E-state index is 12.5. The second kappa shape index (κ2) is 9.52. The van der Waals surface area contributed by atoms with Gasteiger partial charge in [-0.15, -0.1) is 10.2 Å². The number of aromatic nitrogens is 4. The summed E-state index contributed by atoms with van der Waals surface area (Å²) >= 11 is 0. The summed E-state index contributed by atoms with van der Waals surface area (Å²) in [5.41, 5.74) is 2.99. The molecule has 0 bridgehead atoms. The number of carbonyl (C=O) groups is 1. The van der Waals surface area contributed by atoms with Crippen LogP contribution in [-0.4, -0.2) is 39.0 Å². The Morgan fingerprint density at radius 3 is 2.33 bits per heavy atom. The average molecular weight is 445 g/mol. The number of nitrogens with zero attached hydrogens (tertiary/aromatic N) is 5. The van der Waals surface area contributed by atoms with Gasteiger partial charge in [0.15, 0.2) is 5.82 Å². The first-order chi connectivity index (χ1) is 16.2. The smallest absolute Gasteiger partial charge is 0.267 e. The zero-order chi connectivity index (χ0) is 22.6. The first kappa shape index (κ1) is 21.3. The van der Waals surface area contributed by atoms with Gasteiger partial charge in [0, 0.05) is 36.3 Å². The molecule has 1 N–H and O–H groups in total. The van der Waals surface area contributed by atoms with Crippen molar-refractivity contribution in [2.75, 3.05) is 23.3 Å². The highest BCUT2D eigenvalue weighted by molar-refractivity contribution is 5.90. The summed E-state index contributed by atoms with van der Waals surface area (Å²) in [6.07, 6.45) is 7.15. The molecule has 0 unspecified atom stereocenters. The molecule has 0 spiro atoms. The van der Waals surface area contributed by atoms with Gasteiger partial charge in [0.2, 0.25) is 5.91 Å². The van der Waals surface area contributed by atoms with Gasteiger partial charge in [0.1, 0.15) is 6.54 Å². The Bertz CT molecular complexity index is 1160. The molecule has 170 valence electrons. The van der Waals surface area contributed by atoms with E-state index in [0.717, 1.165) is 48.7 Å². The molecule has 3 aromatic rings. The molecular formula is C25H28N6O2. The highest BCUT2D eigenvalue weighted by atomic mass is 16.2. The number of anilines is 2.